The third-order valence-electron chi connectivity index (χ3n) is 3.24. The maximum Gasteiger partial charge on any atom is 0.219 e. The molecule has 1 heterocycles. The van der Waals surface area contributed by atoms with Crippen molar-refractivity contribution in [2.75, 3.05) is 13.2 Å². The van der Waals surface area contributed by atoms with E-state index >= 15 is 0 Å². The lowest BCUT2D eigenvalue weighted by Gasteiger charge is -2.05. The van der Waals surface area contributed by atoms with Gasteiger partial charge in [0.25, 0.3) is 0 Å². The molecule has 0 saturated heterocycles. The van der Waals surface area contributed by atoms with Gasteiger partial charge >= 0.3 is 0 Å². The van der Waals surface area contributed by atoms with Gasteiger partial charge in [-0.25, -0.2) is 0 Å². The van der Waals surface area contributed by atoms with Crippen LogP contribution in [0.15, 0.2) is 24.4 Å². The van der Waals surface area contributed by atoms with Crippen molar-refractivity contribution in [3.8, 4) is 5.75 Å². The Morgan fingerprint density at radius 3 is 2.95 bits per heavy atom. The van der Waals surface area contributed by atoms with E-state index in [2.05, 4.69) is 16.4 Å². The van der Waals surface area contributed by atoms with Crippen molar-refractivity contribution in [1.82, 2.24) is 10.3 Å². The molecule has 2 aromatic rings. The van der Waals surface area contributed by atoms with Crippen molar-refractivity contribution in [3.63, 3.8) is 0 Å². The van der Waals surface area contributed by atoms with Crippen molar-refractivity contribution in [2.24, 2.45) is 0 Å². The first-order valence-corrected chi connectivity index (χ1v) is 7.24. The summed E-state index contributed by atoms with van der Waals surface area (Å²) < 4.78 is 5.53. The zero-order valence-electron chi connectivity index (χ0n) is 12.2. The van der Waals surface area contributed by atoms with E-state index in [4.69, 9.17) is 4.74 Å². The van der Waals surface area contributed by atoms with Gasteiger partial charge in [0.15, 0.2) is 0 Å². The molecular weight excluding hydrogens is 252 g/mol. The minimum absolute atomic E-state index is 0.127. The number of ether oxygens (including phenoxy) is 1. The zero-order valence-corrected chi connectivity index (χ0v) is 12.2. The molecule has 2 rings (SSSR count). The van der Waals surface area contributed by atoms with Crippen LogP contribution in [0, 0.1) is 0 Å². The lowest BCUT2D eigenvalue weighted by atomic mass is 10.1. The smallest absolute Gasteiger partial charge is 0.219 e. The first-order valence-electron chi connectivity index (χ1n) is 7.24. The normalized spacial score (nSPS) is 10.7. The third kappa shape index (κ3) is 3.53. The van der Waals surface area contributed by atoms with Gasteiger partial charge in [0, 0.05) is 30.1 Å². The molecule has 1 amide bonds. The van der Waals surface area contributed by atoms with Crippen LogP contribution in [-0.4, -0.2) is 24.0 Å². The second-order valence-corrected chi connectivity index (χ2v) is 4.80. The van der Waals surface area contributed by atoms with Crippen LogP contribution in [0.25, 0.3) is 10.9 Å². The summed E-state index contributed by atoms with van der Waals surface area (Å²) in [4.78, 5) is 14.7. The minimum Gasteiger partial charge on any atom is -0.494 e. The summed E-state index contributed by atoms with van der Waals surface area (Å²) in [6.07, 6.45) is 4.32. The number of hydrogen-bond donors (Lipinski definition) is 2. The molecule has 0 bridgehead atoms. The number of aromatic amines is 1. The Morgan fingerprint density at radius 2 is 2.20 bits per heavy atom. The summed E-state index contributed by atoms with van der Waals surface area (Å²) in [5, 5.41) is 4.11. The van der Waals surface area contributed by atoms with Crippen molar-refractivity contribution < 1.29 is 9.53 Å². The molecule has 108 valence electrons. The SMILES string of the molecule is CCCC(=O)NCCc1c[nH]c2ccc(OCC)cc12. The van der Waals surface area contributed by atoms with Gasteiger partial charge in [-0.3, -0.25) is 4.79 Å². The molecule has 0 aliphatic heterocycles. The van der Waals surface area contributed by atoms with E-state index in [0.29, 0.717) is 19.6 Å². The summed E-state index contributed by atoms with van der Waals surface area (Å²) in [5.41, 5.74) is 2.31. The van der Waals surface area contributed by atoms with E-state index in [-0.39, 0.29) is 5.91 Å². The van der Waals surface area contributed by atoms with E-state index in [9.17, 15) is 4.79 Å². The second kappa shape index (κ2) is 6.98. The Balaban J connectivity index is 2.02. The molecule has 0 radical (unpaired) electrons. The number of benzene rings is 1. The van der Waals surface area contributed by atoms with Crippen LogP contribution in [0.1, 0.15) is 32.3 Å². The van der Waals surface area contributed by atoms with Crippen molar-refractivity contribution in [1.29, 1.82) is 0 Å². The van der Waals surface area contributed by atoms with Crippen LogP contribution < -0.4 is 10.1 Å². The van der Waals surface area contributed by atoms with Crippen molar-refractivity contribution in [2.45, 2.75) is 33.1 Å². The largest absolute Gasteiger partial charge is 0.494 e. The van der Waals surface area contributed by atoms with Gasteiger partial charge in [-0.05, 0) is 43.5 Å². The lowest BCUT2D eigenvalue weighted by molar-refractivity contribution is -0.121. The summed E-state index contributed by atoms with van der Waals surface area (Å²) in [5.74, 6) is 1.01. The van der Waals surface area contributed by atoms with E-state index in [0.717, 1.165) is 24.1 Å². The first-order chi connectivity index (χ1) is 9.74. The quantitative estimate of drug-likeness (QED) is 0.815. The molecule has 0 saturated carbocycles. The number of nitrogens with one attached hydrogen (secondary N) is 2. The number of aromatic nitrogens is 1. The van der Waals surface area contributed by atoms with Gasteiger partial charge in [0.2, 0.25) is 5.91 Å². The van der Waals surface area contributed by atoms with Crippen LogP contribution >= 0.6 is 0 Å². The maximum atomic E-state index is 11.4. The standard InChI is InChI=1S/C16H22N2O2/c1-3-5-16(19)17-9-8-12-11-18-15-7-6-13(20-4-2)10-14(12)15/h6-7,10-11,18H,3-5,8-9H2,1-2H3,(H,17,19). The van der Waals surface area contributed by atoms with Gasteiger partial charge in [0.1, 0.15) is 5.75 Å². The predicted octanol–water partition coefficient (Wildman–Crippen LogP) is 3.03. The maximum absolute atomic E-state index is 11.4. The minimum atomic E-state index is 0.127. The summed E-state index contributed by atoms with van der Waals surface area (Å²) in [6, 6.07) is 6.05. The first kappa shape index (κ1) is 14.4. The fourth-order valence-electron chi connectivity index (χ4n) is 2.27. The number of H-pyrrole nitrogens is 1. The molecule has 0 aliphatic carbocycles. The molecule has 4 heteroatoms. The highest BCUT2D eigenvalue weighted by atomic mass is 16.5. The average molecular weight is 274 g/mol. The molecule has 0 unspecified atom stereocenters. The number of fused-ring (bicyclic) bond motifs is 1. The molecule has 0 fully saturated rings. The molecule has 0 atom stereocenters. The Labute approximate surface area is 119 Å². The summed E-state index contributed by atoms with van der Waals surface area (Å²) >= 11 is 0. The molecule has 0 spiro atoms. The molecule has 20 heavy (non-hydrogen) atoms. The number of hydrogen-bond acceptors (Lipinski definition) is 2. The van der Waals surface area contributed by atoms with Crippen LogP contribution in [0.4, 0.5) is 0 Å². The van der Waals surface area contributed by atoms with Gasteiger partial charge in [-0.2, -0.15) is 0 Å². The second-order valence-electron chi connectivity index (χ2n) is 4.80. The third-order valence-corrected chi connectivity index (χ3v) is 3.24. The Hall–Kier alpha value is -1.97. The monoisotopic (exact) mass is 274 g/mol. The predicted molar refractivity (Wildman–Crippen MR) is 81.1 cm³/mol. The molecule has 0 aliphatic rings. The number of rotatable bonds is 7. The van der Waals surface area contributed by atoms with Gasteiger partial charge in [-0.15, -0.1) is 0 Å². The summed E-state index contributed by atoms with van der Waals surface area (Å²) in [6.45, 7) is 5.32. The van der Waals surface area contributed by atoms with E-state index in [1.165, 1.54) is 10.9 Å². The van der Waals surface area contributed by atoms with E-state index in [1.54, 1.807) is 0 Å². The topological polar surface area (TPSA) is 54.1 Å². The average Bonchev–Trinajstić information content (AvgIpc) is 2.82. The number of amides is 1. The van der Waals surface area contributed by atoms with Crippen LogP contribution in [0.2, 0.25) is 0 Å². The number of carbonyl (C=O) groups is 1. The van der Waals surface area contributed by atoms with Gasteiger partial charge in [-0.1, -0.05) is 6.92 Å². The number of carbonyl (C=O) groups excluding carboxylic acids is 1. The summed E-state index contributed by atoms with van der Waals surface area (Å²) in [7, 11) is 0. The molecule has 2 N–H and O–H groups in total. The molecule has 1 aromatic heterocycles. The van der Waals surface area contributed by atoms with Crippen molar-refractivity contribution >= 4 is 16.8 Å². The van der Waals surface area contributed by atoms with Gasteiger partial charge in [0.05, 0.1) is 6.61 Å². The Bertz CT molecular complexity index is 575. The molecule has 4 nitrogen and oxygen atoms in total. The van der Waals surface area contributed by atoms with E-state index < -0.39 is 0 Å². The Morgan fingerprint density at radius 1 is 1.35 bits per heavy atom. The van der Waals surface area contributed by atoms with Crippen LogP contribution in [0.3, 0.4) is 0 Å². The van der Waals surface area contributed by atoms with Gasteiger partial charge < -0.3 is 15.0 Å². The molecule has 1 aromatic carbocycles. The Kier molecular flexibility index (Phi) is 5.04. The van der Waals surface area contributed by atoms with Crippen LogP contribution in [0.5, 0.6) is 5.75 Å². The fraction of sp³-hybridized carbons (Fsp3) is 0.438. The van der Waals surface area contributed by atoms with Crippen LogP contribution in [-0.2, 0) is 11.2 Å². The van der Waals surface area contributed by atoms with E-state index in [1.807, 2.05) is 32.2 Å². The highest BCUT2D eigenvalue weighted by molar-refractivity contribution is 5.84. The van der Waals surface area contributed by atoms with Crippen molar-refractivity contribution in [3.05, 3.63) is 30.0 Å². The molecular formula is C16H22N2O2. The highest BCUT2D eigenvalue weighted by Gasteiger charge is 2.06. The highest BCUT2D eigenvalue weighted by Crippen LogP contribution is 2.24. The zero-order chi connectivity index (χ0) is 14.4. The lowest BCUT2D eigenvalue weighted by Crippen LogP contribution is -2.25. The fourth-order valence-corrected chi connectivity index (χ4v) is 2.27.